The largest absolute Gasteiger partial charge is 0.311 e. The molecule has 0 fully saturated rings. The van der Waals surface area contributed by atoms with E-state index in [0.717, 1.165) is 29.2 Å². The first kappa shape index (κ1) is 16.1. The predicted molar refractivity (Wildman–Crippen MR) is 82.1 cm³/mol. The van der Waals surface area contributed by atoms with Crippen molar-refractivity contribution in [3.05, 3.63) is 51.8 Å². The number of hydrogen-bond acceptors (Lipinski definition) is 2. The van der Waals surface area contributed by atoms with Crippen LogP contribution in [0.4, 0.5) is 8.78 Å². The number of benzene rings is 1. The Morgan fingerprint density at radius 3 is 2.81 bits per heavy atom. The van der Waals surface area contributed by atoms with Crippen molar-refractivity contribution >= 4 is 15.9 Å². The second-order valence-electron chi connectivity index (χ2n) is 4.86. The molecule has 1 aromatic carbocycles. The summed E-state index contributed by atoms with van der Waals surface area (Å²) in [5.41, 5.74) is 1.30. The van der Waals surface area contributed by atoms with Gasteiger partial charge in [-0.25, -0.2) is 8.78 Å². The van der Waals surface area contributed by atoms with Crippen LogP contribution in [0.15, 0.2) is 28.9 Å². The average molecular weight is 358 g/mol. The highest BCUT2D eigenvalue weighted by atomic mass is 79.9. The first-order valence-corrected chi connectivity index (χ1v) is 7.69. The molecule has 3 nitrogen and oxygen atoms in total. The van der Waals surface area contributed by atoms with Crippen molar-refractivity contribution in [1.29, 1.82) is 0 Å². The number of aryl methyl sites for hydroxylation is 1. The molecule has 0 aliphatic carbocycles. The average Bonchev–Trinajstić information content (AvgIpc) is 2.82. The zero-order valence-electron chi connectivity index (χ0n) is 12.0. The molecule has 0 aliphatic heterocycles. The van der Waals surface area contributed by atoms with Crippen LogP contribution >= 0.6 is 15.9 Å². The van der Waals surface area contributed by atoms with E-state index in [4.69, 9.17) is 0 Å². The van der Waals surface area contributed by atoms with Gasteiger partial charge in [-0.05, 0) is 47.4 Å². The van der Waals surface area contributed by atoms with Crippen LogP contribution in [0.2, 0.25) is 0 Å². The highest BCUT2D eigenvalue weighted by Crippen LogP contribution is 2.27. The van der Waals surface area contributed by atoms with Crippen LogP contribution in [-0.4, -0.2) is 16.8 Å². The molecule has 0 saturated carbocycles. The van der Waals surface area contributed by atoms with E-state index in [2.05, 4.69) is 33.3 Å². The van der Waals surface area contributed by atoms with Gasteiger partial charge in [0.1, 0.15) is 0 Å². The number of likely N-dealkylation sites (N-methyl/N-ethyl adjacent to an activating group) is 1. The number of aromatic nitrogens is 2. The molecule has 114 valence electrons. The van der Waals surface area contributed by atoms with Gasteiger partial charge in [0, 0.05) is 6.54 Å². The van der Waals surface area contributed by atoms with Gasteiger partial charge in [-0.2, -0.15) is 5.10 Å². The van der Waals surface area contributed by atoms with E-state index in [-0.39, 0.29) is 6.04 Å². The molecule has 0 spiro atoms. The zero-order chi connectivity index (χ0) is 15.4. The van der Waals surface area contributed by atoms with Gasteiger partial charge in [0.15, 0.2) is 11.6 Å². The van der Waals surface area contributed by atoms with Gasteiger partial charge in [0.05, 0.1) is 22.4 Å². The SMILES string of the molecule is CCCn1ncc(Br)c1C(Cc1cccc(F)c1F)NC. The molecule has 2 aromatic rings. The fourth-order valence-corrected chi connectivity index (χ4v) is 2.94. The highest BCUT2D eigenvalue weighted by molar-refractivity contribution is 9.10. The van der Waals surface area contributed by atoms with Gasteiger partial charge in [-0.15, -0.1) is 0 Å². The lowest BCUT2D eigenvalue weighted by Crippen LogP contribution is -2.23. The van der Waals surface area contributed by atoms with Crippen LogP contribution in [0.3, 0.4) is 0 Å². The third-order valence-electron chi connectivity index (χ3n) is 3.40. The van der Waals surface area contributed by atoms with Crippen molar-refractivity contribution in [2.45, 2.75) is 32.4 Å². The quantitative estimate of drug-likeness (QED) is 0.851. The van der Waals surface area contributed by atoms with Gasteiger partial charge in [-0.1, -0.05) is 19.1 Å². The summed E-state index contributed by atoms with van der Waals surface area (Å²) in [7, 11) is 1.80. The summed E-state index contributed by atoms with van der Waals surface area (Å²) in [6.45, 7) is 2.85. The standard InChI is InChI=1S/C15H18BrF2N3/c1-3-7-21-15(11(16)9-20-21)13(19-2)8-10-5-4-6-12(17)14(10)18/h4-6,9,13,19H,3,7-8H2,1-2H3. The fraction of sp³-hybridized carbons (Fsp3) is 0.400. The summed E-state index contributed by atoms with van der Waals surface area (Å²) >= 11 is 3.48. The monoisotopic (exact) mass is 357 g/mol. The predicted octanol–water partition coefficient (Wildman–Crippen LogP) is 3.84. The topological polar surface area (TPSA) is 29.9 Å². The Balaban J connectivity index is 2.32. The highest BCUT2D eigenvalue weighted by Gasteiger charge is 2.21. The van der Waals surface area contributed by atoms with Crippen LogP contribution in [0, 0.1) is 11.6 Å². The summed E-state index contributed by atoms with van der Waals surface area (Å²) in [5, 5.41) is 7.48. The lowest BCUT2D eigenvalue weighted by molar-refractivity contribution is 0.468. The molecule has 1 heterocycles. The summed E-state index contributed by atoms with van der Waals surface area (Å²) in [6, 6.07) is 4.12. The van der Waals surface area contributed by atoms with Gasteiger partial charge < -0.3 is 5.32 Å². The van der Waals surface area contributed by atoms with Gasteiger partial charge in [0.2, 0.25) is 0 Å². The second-order valence-corrected chi connectivity index (χ2v) is 5.71. The van der Waals surface area contributed by atoms with Crippen LogP contribution in [0.1, 0.15) is 30.6 Å². The Kier molecular flexibility index (Phi) is 5.47. The normalized spacial score (nSPS) is 12.6. The molecular formula is C15H18BrF2N3. The van der Waals surface area contributed by atoms with Gasteiger partial charge in [-0.3, -0.25) is 4.68 Å². The van der Waals surface area contributed by atoms with Crippen LogP contribution in [-0.2, 0) is 13.0 Å². The van der Waals surface area contributed by atoms with Crippen molar-refractivity contribution in [2.75, 3.05) is 7.05 Å². The molecule has 0 amide bonds. The van der Waals surface area contributed by atoms with Crippen LogP contribution in [0.25, 0.3) is 0 Å². The van der Waals surface area contributed by atoms with E-state index in [1.54, 1.807) is 19.3 Å². The molecule has 1 aromatic heterocycles. The fourth-order valence-electron chi connectivity index (χ4n) is 2.37. The number of hydrogen-bond donors (Lipinski definition) is 1. The van der Waals surface area contributed by atoms with Crippen molar-refractivity contribution < 1.29 is 8.78 Å². The van der Waals surface area contributed by atoms with Gasteiger partial charge >= 0.3 is 0 Å². The van der Waals surface area contributed by atoms with Crippen molar-refractivity contribution in [2.24, 2.45) is 0 Å². The zero-order valence-corrected chi connectivity index (χ0v) is 13.6. The molecule has 1 N–H and O–H groups in total. The van der Waals surface area contributed by atoms with E-state index in [9.17, 15) is 8.78 Å². The van der Waals surface area contributed by atoms with Gasteiger partial charge in [0.25, 0.3) is 0 Å². The molecule has 0 bridgehead atoms. The lowest BCUT2D eigenvalue weighted by Gasteiger charge is -2.19. The summed E-state index contributed by atoms with van der Waals surface area (Å²) in [6.07, 6.45) is 3.04. The number of nitrogens with zero attached hydrogens (tertiary/aromatic N) is 2. The van der Waals surface area contributed by atoms with E-state index < -0.39 is 11.6 Å². The molecule has 21 heavy (non-hydrogen) atoms. The third-order valence-corrected chi connectivity index (χ3v) is 4.01. The first-order valence-electron chi connectivity index (χ1n) is 6.89. The maximum absolute atomic E-state index is 13.9. The minimum Gasteiger partial charge on any atom is -0.311 e. The minimum absolute atomic E-state index is 0.148. The molecule has 2 rings (SSSR count). The summed E-state index contributed by atoms with van der Waals surface area (Å²) in [4.78, 5) is 0. The number of rotatable bonds is 6. The molecular weight excluding hydrogens is 340 g/mol. The Morgan fingerprint density at radius 1 is 1.38 bits per heavy atom. The van der Waals surface area contributed by atoms with Crippen molar-refractivity contribution in [3.8, 4) is 0 Å². The molecule has 0 saturated heterocycles. The van der Waals surface area contributed by atoms with E-state index in [1.165, 1.54) is 6.07 Å². The Morgan fingerprint density at radius 2 is 2.14 bits per heavy atom. The van der Waals surface area contributed by atoms with Crippen LogP contribution in [0.5, 0.6) is 0 Å². The van der Waals surface area contributed by atoms with E-state index >= 15 is 0 Å². The molecule has 0 radical (unpaired) electrons. The Labute approximate surface area is 131 Å². The van der Waals surface area contributed by atoms with Crippen molar-refractivity contribution in [3.63, 3.8) is 0 Å². The maximum atomic E-state index is 13.9. The molecule has 1 unspecified atom stereocenters. The number of nitrogens with one attached hydrogen (secondary N) is 1. The maximum Gasteiger partial charge on any atom is 0.162 e. The smallest absolute Gasteiger partial charge is 0.162 e. The minimum atomic E-state index is -0.816. The molecule has 6 heteroatoms. The van der Waals surface area contributed by atoms with E-state index in [0.29, 0.717) is 12.0 Å². The van der Waals surface area contributed by atoms with E-state index in [1.807, 2.05) is 4.68 Å². The Bertz CT molecular complexity index is 613. The molecule has 0 aliphatic rings. The first-order chi connectivity index (χ1) is 10.1. The summed E-state index contributed by atoms with van der Waals surface area (Å²) in [5.74, 6) is -1.60. The lowest BCUT2D eigenvalue weighted by atomic mass is 10.0. The third kappa shape index (κ3) is 3.49. The number of halogens is 3. The summed E-state index contributed by atoms with van der Waals surface area (Å²) < 4.78 is 29.9. The van der Waals surface area contributed by atoms with Crippen LogP contribution < -0.4 is 5.32 Å². The Hall–Kier alpha value is -1.27. The van der Waals surface area contributed by atoms with Crippen molar-refractivity contribution in [1.82, 2.24) is 15.1 Å². The second kappa shape index (κ2) is 7.13. The molecule has 1 atom stereocenters.